The van der Waals surface area contributed by atoms with E-state index < -0.39 is 0 Å². The summed E-state index contributed by atoms with van der Waals surface area (Å²) in [5.74, 6) is 1.14. The third-order valence-corrected chi connectivity index (χ3v) is 6.75. The van der Waals surface area contributed by atoms with Gasteiger partial charge in [0.2, 0.25) is 5.91 Å². The highest BCUT2D eigenvalue weighted by molar-refractivity contribution is 7.22. The average molecular weight is 444 g/mol. The molecule has 1 aromatic heterocycles. The number of benzene rings is 2. The molecule has 1 saturated heterocycles. The molecule has 3 aromatic rings. The standard InChI is InChI=1S/C23H26ClN3O2S/c1-16-5-3-6-17(2)22(16)29-14-4-7-21(28)26-10-12-27(13-11-26)23-25-19-9-8-18(24)15-20(19)30-23/h3,5-6,8-9,15H,4,7,10-14H2,1-2H3. The van der Waals surface area contributed by atoms with Gasteiger partial charge in [0.1, 0.15) is 5.75 Å². The van der Waals surface area contributed by atoms with E-state index in [4.69, 9.17) is 21.3 Å². The molecule has 0 saturated carbocycles. The number of aryl methyl sites for hydroxylation is 2. The number of hydrogen-bond acceptors (Lipinski definition) is 5. The van der Waals surface area contributed by atoms with Crippen LogP contribution >= 0.6 is 22.9 Å². The van der Waals surface area contributed by atoms with Crippen molar-refractivity contribution in [2.24, 2.45) is 0 Å². The SMILES string of the molecule is Cc1cccc(C)c1OCCCC(=O)N1CCN(c2nc3ccc(Cl)cc3s2)CC1. The molecule has 5 nitrogen and oxygen atoms in total. The van der Waals surface area contributed by atoms with Gasteiger partial charge in [-0.15, -0.1) is 0 Å². The molecule has 0 spiro atoms. The smallest absolute Gasteiger partial charge is 0.222 e. The van der Waals surface area contributed by atoms with Crippen LogP contribution in [0.3, 0.4) is 0 Å². The number of anilines is 1. The highest BCUT2D eigenvalue weighted by Gasteiger charge is 2.23. The fraction of sp³-hybridized carbons (Fsp3) is 0.391. The second-order valence-corrected chi connectivity index (χ2v) is 9.09. The molecule has 30 heavy (non-hydrogen) atoms. The van der Waals surface area contributed by atoms with E-state index in [-0.39, 0.29) is 5.91 Å². The average Bonchev–Trinajstić information content (AvgIpc) is 3.16. The fourth-order valence-corrected chi connectivity index (χ4v) is 5.04. The Hall–Kier alpha value is -2.31. The molecule has 2 aromatic carbocycles. The lowest BCUT2D eigenvalue weighted by molar-refractivity contribution is -0.131. The summed E-state index contributed by atoms with van der Waals surface area (Å²) in [4.78, 5) is 21.5. The minimum absolute atomic E-state index is 0.204. The second kappa shape index (κ2) is 9.23. The number of para-hydroxylation sites is 1. The molecular formula is C23H26ClN3O2S. The normalized spacial score (nSPS) is 14.4. The Bertz CT molecular complexity index is 1020. The second-order valence-electron chi connectivity index (χ2n) is 7.65. The maximum Gasteiger partial charge on any atom is 0.222 e. The number of hydrogen-bond donors (Lipinski definition) is 0. The van der Waals surface area contributed by atoms with Crippen LogP contribution in [0.4, 0.5) is 5.13 Å². The van der Waals surface area contributed by atoms with Crippen LogP contribution in [0, 0.1) is 13.8 Å². The molecule has 0 unspecified atom stereocenters. The number of nitrogens with zero attached hydrogens (tertiary/aromatic N) is 3. The zero-order valence-corrected chi connectivity index (χ0v) is 18.9. The Morgan fingerprint density at radius 2 is 1.87 bits per heavy atom. The molecule has 1 fully saturated rings. The molecule has 1 aliphatic heterocycles. The van der Waals surface area contributed by atoms with Crippen LogP contribution in [0.1, 0.15) is 24.0 Å². The molecule has 0 radical (unpaired) electrons. The summed E-state index contributed by atoms with van der Waals surface area (Å²) in [6, 6.07) is 11.9. The van der Waals surface area contributed by atoms with Gasteiger partial charge in [0.05, 0.1) is 16.8 Å². The Morgan fingerprint density at radius 3 is 2.60 bits per heavy atom. The number of amides is 1. The van der Waals surface area contributed by atoms with Crippen LogP contribution in [0.15, 0.2) is 36.4 Å². The van der Waals surface area contributed by atoms with E-state index in [1.54, 1.807) is 11.3 Å². The van der Waals surface area contributed by atoms with Crippen molar-refractivity contribution in [3.63, 3.8) is 0 Å². The molecule has 158 valence electrons. The van der Waals surface area contributed by atoms with Crippen LogP contribution in [-0.4, -0.2) is 48.6 Å². The lowest BCUT2D eigenvalue weighted by Crippen LogP contribution is -2.48. The van der Waals surface area contributed by atoms with Crippen LogP contribution < -0.4 is 9.64 Å². The van der Waals surface area contributed by atoms with Gasteiger partial charge in [-0.1, -0.05) is 41.1 Å². The third kappa shape index (κ3) is 4.71. The van der Waals surface area contributed by atoms with Crippen molar-refractivity contribution in [1.29, 1.82) is 0 Å². The van der Waals surface area contributed by atoms with E-state index in [0.717, 1.165) is 69.8 Å². The number of fused-ring (bicyclic) bond motifs is 1. The Kier molecular flexibility index (Phi) is 6.44. The van der Waals surface area contributed by atoms with Crippen LogP contribution in [0.2, 0.25) is 5.02 Å². The van der Waals surface area contributed by atoms with Gasteiger partial charge >= 0.3 is 0 Å². The number of halogens is 1. The number of rotatable bonds is 6. The molecule has 4 rings (SSSR count). The molecule has 1 aliphatic rings. The minimum atomic E-state index is 0.204. The van der Waals surface area contributed by atoms with Crippen LogP contribution in [0.5, 0.6) is 5.75 Å². The Morgan fingerprint density at radius 1 is 1.13 bits per heavy atom. The highest BCUT2D eigenvalue weighted by Crippen LogP contribution is 2.31. The Labute approximate surface area is 186 Å². The Balaban J connectivity index is 1.24. The lowest BCUT2D eigenvalue weighted by atomic mass is 10.1. The summed E-state index contributed by atoms with van der Waals surface area (Å²) in [6.07, 6.45) is 1.25. The monoisotopic (exact) mass is 443 g/mol. The maximum absolute atomic E-state index is 12.6. The summed E-state index contributed by atoms with van der Waals surface area (Å²) in [7, 11) is 0. The molecule has 7 heteroatoms. The number of carbonyl (C=O) groups is 1. The predicted molar refractivity (Wildman–Crippen MR) is 124 cm³/mol. The highest BCUT2D eigenvalue weighted by atomic mass is 35.5. The zero-order chi connectivity index (χ0) is 21.1. The number of thiazole rings is 1. The van der Waals surface area contributed by atoms with Crippen molar-refractivity contribution in [2.75, 3.05) is 37.7 Å². The first kappa shape index (κ1) is 20.9. The van der Waals surface area contributed by atoms with Crippen molar-refractivity contribution in [2.45, 2.75) is 26.7 Å². The van der Waals surface area contributed by atoms with Crippen LogP contribution in [-0.2, 0) is 4.79 Å². The summed E-state index contributed by atoms with van der Waals surface area (Å²) in [5.41, 5.74) is 3.24. The number of piperazine rings is 1. The molecule has 0 aliphatic carbocycles. The lowest BCUT2D eigenvalue weighted by Gasteiger charge is -2.34. The van der Waals surface area contributed by atoms with Crippen molar-refractivity contribution in [1.82, 2.24) is 9.88 Å². The maximum atomic E-state index is 12.6. The van der Waals surface area contributed by atoms with E-state index in [0.29, 0.717) is 13.0 Å². The zero-order valence-electron chi connectivity index (χ0n) is 17.4. The first-order chi connectivity index (χ1) is 14.5. The van der Waals surface area contributed by atoms with Crippen molar-refractivity contribution < 1.29 is 9.53 Å². The quantitative estimate of drug-likeness (QED) is 0.499. The molecule has 2 heterocycles. The predicted octanol–water partition coefficient (Wildman–Crippen LogP) is 5.07. The van der Waals surface area contributed by atoms with Crippen LogP contribution in [0.25, 0.3) is 10.2 Å². The van der Waals surface area contributed by atoms with Gasteiger partial charge in [0, 0.05) is 37.6 Å². The van der Waals surface area contributed by atoms with Gasteiger partial charge in [-0.05, 0) is 49.6 Å². The van der Waals surface area contributed by atoms with E-state index in [1.807, 2.05) is 55.1 Å². The number of carbonyl (C=O) groups excluding carboxylic acids is 1. The summed E-state index contributed by atoms with van der Waals surface area (Å²) < 4.78 is 7.02. The first-order valence-electron chi connectivity index (χ1n) is 10.3. The molecule has 0 N–H and O–H groups in total. The summed E-state index contributed by atoms with van der Waals surface area (Å²) in [6.45, 7) is 7.72. The third-order valence-electron chi connectivity index (χ3n) is 5.43. The van der Waals surface area contributed by atoms with Gasteiger partial charge in [-0.3, -0.25) is 4.79 Å². The number of ether oxygens (including phenoxy) is 1. The van der Waals surface area contributed by atoms with Crippen molar-refractivity contribution >= 4 is 44.2 Å². The first-order valence-corrected chi connectivity index (χ1v) is 11.5. The van der Waals surface area contributed by atoms with E-state index in [1.165, 1.54) is 0 Å². The van der Waals surface area contributed by atoms with Gasteiger partial charge < -0.3 is 14.5 Å². The topological polar surface area (TPSA) is 45.7 Å². The van der Waals surface area contributed by atoms with E-state index in [9.17, 15) is 4.79 Å². The summed E-state index contributed by atoms with van der Waals surface area (Å²) in [5, 5.41) is 1.73. The number of aromatic nitrogens is 1. The van der Waals surface area contributed by atoms with Gasteiger partial charge in [0.25, 0.3) is 0 Å². The minimum Gasteiger partial charge on any atom is -0.493 e. The van der Waals surface area contributed by atoms with E-state index in [2.05, 4.69) is 4.90 Å². The van der Waals surface area contributed by atoms with Gasteiger partial charge in [-0.25, -0.2) is 4.98 Å². The molecule has 0 bridgehead atoms. The molecular weight excluding hydrogens is 418 g/mol. The van der Waals surface area contributed by atoms with Gasteiger partial charge in [-0.2, -0.15) is 0 Å². The van der Waals surface area contributed by atoms with Gasteiger partial charge in [0.15, 0.2) is 5.13 Å². The molecule has 1 amide bonds. The largest absolute Gasteiger partial charge is 0.493 e. The molecule has 0 atom stereocenters. The van der Waals surface area contributed by atoms with Crippen molar-refractivity contribution in [3.05, 3.63) is 52.5 Å². The fourth-order valence-electron chi connectivity index (χ4n) is 3.75. The summed E-state index contributed by atoms with van der Waals surface area (Å²) >= 11 is 7.74. The van der Waals surface area contributed by atoms with Crippen molar-refractivity contribution in [3.8, 4) is 5.75 Å². The van der Waals surface area contributed by atoms with E-state index >= 15 is 0 Å².